The van der Waals surface area contributed by atoms with Crippen molar-refractivity contribution >= 4 is 5.91 Å². The third kappa shape index (κ3) is 4.50. The van der Waals surface area contributed by atoms with Gasteiger partial charge in [-0.05, 0) is 68.3 Å². The number of carbonyl (C=O) groups is 1. The highest BCUT2D eigenvalue weighted by Gasteiger charge is 2.34. The summed E-state index contributed by atoms with van der Waals surface area (Å²) in [5.41, 5.74) is 1.18. The normalized spacial score (nSPS) is 22.0. The molecule has 0 spiro atoms. The first-order valence-electron chi connectivity index (χ1n) is 9.30. The molecule has 1 N–H and O–H groups in total. The number of piperidine rings is 1. The van der Waals surface area contributed by atoms with Crippen LogP contribution in [0.4, 0.5) is 0 Å². The van der Waals surface area contributed by atoms with Crippen LogP contribution in [0.3, 0.4) is 0 Å². The Balaban J connectivity index is 1.58. The fourth-order valence-corrected chi connectivity index (χ4v) is 3.66. The molecule has 2 aliphatic rings. The van der Waals surface area contributed by atoms with Crippen LogP contribution in [-0.4, -0.2) is 37.0 Å². The number of rotatable bonds is 7. The van der Waals surface area contributed by atoms with Crippen LogP contribution < -0.4 is 10.1 Å². The Kier molecular flexibility index (Phi) is 5.77. The topological polar surface area (TPSA) is 41.6 Å². The summed E-state index contributed by atoms with van der Waals surface area (Å²) < 4.78 is 5.21. The average molecular weight is 330 g/mol. The molecule has 0 aromatic heterocycles. The molecule has 1 amide bonds. The largest absolute Gasteiger partial charge is 0.497 e. The molecule has 2 fully saturated rings. The zero-order chi connectivity index (χ0) is 16.9. The van der Waals surface area contributed by atoms with Crippen LogP contribution in [0.5, 0.6) is 5.75 Å². The number of hydrogen-bond acceptors (Lipinski definition) is 3. The first-order chi connectivity index (χ1) is 11.7. The Morgan fingerprint density at radius 3 is 2.62 bits per heavy atom. The third-order valence-electron chi connectivity index (χ3n) is 5.46. The number of benzene rings is 1. The van der Waals surface area contributed by atoms with E-state index >= 15 is 0 Å². The number of hydrogen-bond donors (Lipinski definition) is 1. The van der Waals surface area contributed by atoms with E-state index in [0.29, 0.717) is 30.2 Å². The molecule has 0 radical (unpaired) electrons. The van der Waals surface area contributed by atoms with E-state index in [0.717, 1.165) is 38.2 Å². The molecule has 1 saturated heterocycles. The molecule has 1 aliphatic heterocycles. The molecule has 1 aromatic carbocycles. The molecule has 4 nitrogen and oxygen atoms in total. The van der Waals surface area contributed by atoms with E-state index in [2.05, 4.69) is 29.3 Å². The molecule has 4 heteroatoms. The van der Waals surface area contributed by atoms with E-state index in [1.807, 2.05) is 12.1 Å². The maximum absolute atomic E-state index is 12.9. The van der Waals surface area contributed by atoms with Crippen LogP contribution in [0.2, 0.25) is 0 Å². The molecule has 132 valence electrons. The van der Waals surface area contributed by atoms with Gasteiger partial charge in [0, 0.05) is 19.0 Å². The summed E-state index contributed by atoms with van der Waals surface area (Å²) in [5, 5.41) is 3.47. The zero-order valence-electron chi connectivity index (χ0n) is 15.0. The van der Waals surface area contributed by atoms with Gasteiger partial charge in [0.1, 0.15) is 5.75 Å². The minimum Gasteiger partial charge on any atom is -0.497 e. The highest BCUT2D eigenvalue weighted by Crippen LogP contribution is 2.31. The Bertz CT molecular complexity index is 533. The van der Waals surface area contributed by atoms with Gasteiger partial charge in [-0.1, -0.05) is 19.1 Å². The van der Waals surface area contributed by atoms with Gasteiger partial charge in [0.15, 0.2) is 0 Å². The van der Waals surface area contributed by atoms with Crippen molar-refractivity contribution in [3.63, 3.8) is 0 Å². The second kappa shape index (κ2) is 8.02. The van der Waals surface area contributed by atoms with Gasteiger partial charge < -0.3 is 15.0 Å². The van der Waals surface area contributed by atoms with Gasteiger partial charge in [0.2, 0.25) is 5.91 Å². The summed E-state index contributed by atoms with van der Waals surface area (Å²) in [6.07, 6.45) is 5.48. The number of nitrogens with zero attached hydrogens (tertiary/aromatic N) is 1. The molecule has 24 heavy (non-hydrogen) atoms. The van der Waals surface area contributed by atoms with Crippen molar-refractivity contribution in [3.05, 3.63) is 29.8 Å². The second-order valence-corrected chi connectivity index (χ2v) is 7.39. The molecule has 2 unspecified atom stereocenters. The summed E-state index contributed by atoms with van der Waals surface area (Å²) in [7, 11) is 1.68. The van der Waals surface area contributed by atoms with Gasteiger partial charge in [-0.2, -0.15) is 0 Å². The highest BCUT2D eigenvalue weighted by atomic mass is 16.5. The number of ether oxygens (including phenoxy) is 1. The van der Waals surface area contributed by atoms with Crippen molar-refractivity contribution in [1.82, 2.24) is 10.2 Å². The Morgan fingerprint density at radius 2 is 2.04 bits per heavy atom. The zero-order valence-corrected chi connectivity index (χ0v) is 15.0. The van der Waals surface area contributed by atoms with Crippen molar-refractivity contribution in [1.29, 1.82) is 0 Å². The van der Waals surface area contributed by atoms with Crippen molar-refractivity contribution in [2.75, 3.05) is 20.2 Å². The first-order valence-corrected chi connectivity index (χ1v) is 9.30. The predicted molar refractivity (Wildman–Crippen MR) is 95.9 cm³/mol. The van der Waals surface area contributed by atoms with Crippen LogP contribution in [-0.2, 0) is 11.3 Å². The van der Waals surface area contributed by atoms with Crippen LogP contribution in [0.1, 0.15) is 44.6 Å². The number of amides is 1. The highest BCUT2D eigenvalue weighted by molar-refractivity contribution is 5.77. The Labute approximate surface area is 145 Å². The van der Waals surface area contributed by atoms with Gasteiger partial charge >= 0.3 is 0 Å². The van der Waals surface area contributed by atoms with E-state index in [9.17, 15) is 4.79 Å². The minimum absolute atomic E-state index is 0.325. The monoisotopic (exact) mass is 330 g/mol. The van der Waals surface area contributed by atoms with Crippen LogP contribution in [0.15, 0.2) is 24.3 Å². The molecule has 3 rings (SSSR count). The number of methoxy groups -OCH3 is 1. The van der Waals surface area contributed by atoms with Crippen molar-refractivity contribution in [3.8, 4) is 5.75 Å². The molecule has 1 heterocycles. The van der Waals surface area contributed by atoms with E-state index in [1.165, 1.54) is 18.4 Å². The van der Waals surface area contributed by atoms with E-state index in [-0.39, 0.29) is 0 Å². The summed E-state index contributed by atoms with van der Waals surface area (Å²) >= 11 is 0. The minimum atomic E-state index is 0.325. The van der Waals surface area contributed by atoms with Crippen molar-refractivity contribution < 1.29 is 9.53 Å². The van der Waals surface area contributed by atoms with Gasteiger partial charge in [-0.3, -0.25) is 4.79 Å². The number of nitrogens with one attached hydrogen (secondary N) is 1. The van der Waals surface area contributed by atoms with Crippen molar-refractivity contribution in [2.45, 2.75) is 51.6 Å². The van der Waals surface area contributed by atoms with E-state index < -0.39 is 0 Å². The van der Waals surface area contributed by atoms with Gasteiger partial charge in [-0.25, -0.2) is 0 Å². The molecule has 2 atom stereocenters. The third-order valence-corrected chi connectivity index (χ3v) is 5.46. The lowest BCUT2D eigenvalue weighted by Crippen LogP contribution is -2.37. The van der Waals surface area contributed by atoms with Crippen LogP contribution in [0, 0.1) is 11.8 Å². The maximum Gasteiger partial charge on any atom is 0.223 e. The van der Waals surface area contributed by atoms with Crippen LogP contribution >= 0.6 is 0 Å². The van der Waals surface area contributed by atoms with Crippen molar-refractivity contribution in [2.24, 2.45) is 11.8 Å². The summed E-state index contributed by atoms with van der Waals surface area (Å²) in [5.74, 6) is 2.29. The first kappa shape index (κ1) is 17.3. The molecule has 0 bridgehead atoms. The number of carbonyl (C=O) groups excluding carboxylic acids is 1. The predicted octanol–water partition coefficient (Wildman–Crippen LogP) is 3.21. The van der Waals surface area contributed by atoms with E-state index in [1.54, 1.807) is 7.11 Å². The second-order valence-electron chi connectivity index (χ2n) is 7.39. The molecular weight excluding hydrogens is 300 g/mol. The van der Waals surface area contributed by atoms with Gasteiger partial charge in [-0.15, -0.1) is 0 Å². The van der Waals surface area contributed by atoms with Gasteiger partial charge in [0.05, 0.1) is 7.11 Å². The summed E-state index contributed by atoms with van der Waals surface area (Å²) in [4.78, 5) is 15.0. The summed E-state index contributed by atoms with van der Waals surface area (Å²) in [6, 6.07) is 8.53. The lowest BCUT2D eigenvalue weighted by molar-refractivity contribution is -0.133. The lowest BCUT2D eigenvalue weighted by Gasteiger charge is -2.30. The standard InChI is InChI=1S/C20H30N2O2/c1-15(17-4-3-11-21-13-17)12-20(23)22(18-7-8-18)14-16-5-9-19(24-2)10-6-16/h5-6,9-10,15,17-18,21H,3-4,7-8,11-14H2,1-2H3. The molecule has 1 aromatic rings. The fourth-order valence-electron chi connectivity index (χ4n) is 3.66. The average Bonchev–Trinajstić information content (AvgIpc) is 3.45. The smallest absolute Gasteiger partial charge is 0.223 e. The van der Waals surface area contributed by atoms with Gasteiger partial charge in [0.25, 0.3) is 0 Å². The molecule has 1 aliphatic carbocycles. The molecule has 1 saturated carbocycles. The quantitative estimate of drug-likeness (QED) is 0.835. The Hall–Kier alpha value is -1.55. The SMILES string of the molecule is COc1ccc(CN(C(=O)CC(C)C2CCCNC2)C2CC2)cc1. The van der Waals surface area contributed by atoms with E-state index in [4.69, 9.17) is 4.74 Å². The maximum atomic E-state index is 12.9. The Morgan fingerprint density at radius 1 is 1.29 bits per heavy atom. The molecular formula is C20H30N2O2. The summed E-state index contributed by atoms with van der Waals surface area (Å²) in [6.45, 7) is 5.16. The lowest BCUT2D eigenvalue weighted by atomic mass is 9.85. The van der Waals surface area contributed by atoms with Crippen LogP contribution in [0.25, 0.3) is 0 Å². The fraction of sp³-hybridized carbons (Fsp3) is 0.650.